The van der Waals surface area contributed by atoms with Gasteiger partial charge in [0.05, 0.1) is 12.6 Å². The minimum Gasteiger partial charge on any atom is -0.468 e. The summed E-state index contributed by atoms with van der Waals surface area (Å²) in [6, 6.07) is 31.1. The van der Waals surface area contributed by atoms with Gasteiger partial charge in [0.25, 0.3) is 0 Å². The summed E-state index contributed by atoms with van der Waals surface area (Å²) >= 11 is 0. The largest absolute Gasteiger partial charge is 0.468 e. The third-order valence-electron chi connectivity index (χ3n) is 6.75. The lowest BCUT2D eigenvalue weighted by molar-refractivity contribution is -0.141. The molecule has 8 heteroatoms. The molecule has 4 aromatic rings. The van der Waals surface area contributed by atoms with E-state index < -0.39 is 11.5 Å². The molecule has 1 aliphatic heterocycles. The smallest absolute Gasteiger partial charge is 0.327 e. The lowest BCUT2D eigenvalue weighted by atomic mass is 9.74. The lowest BCUT2D eigenvalue weighted by Crippen LogP contribution is -2.52. The van der Waals surface area contributed by atoms with E-state index in [4.69, 9.17) is 4.74 Å². The lowest BCUT2D eigenvalue weighted by Gasteiger charge is -2.47. The van der Waals surface area contributed by atoms with Crippen LogP contribution in [0.1, 0.15) is 28.9 Å². The fourth-order valence-corrected chi connectivity index (χ4v) is 5.04. The van der Waals surface area contributed by atoms with Gasteiger partial charge in [0.1, 0.15) is 6.54 Å². The average Bonchev–Trinajstić information content (AvgIpc) is 3.38. The topological polar surface area (TPSA) is 90.2 Å². The van der Waals surface area contributed by atoms with Gasteiger partial charge in [0.2, 0.25) is 0 Å². The van der Waals surface area contributed by atoms with E-state index in [-0.39, 0.29) is 12.3 Å². The molecule has 8 nitrogen and oxygen atoms in total. The van der Waals surface area contributed by atoms with Gasteiger partial charge in [-0.25, -0.2) is 4.68 Å². The molecule has 37 heavy (non-hydrogen) atoms. The Morgan fingerprint density at radius 1 is 0.919 bits per heavy atom. The number of ketones is 1. The first-order chi connectivity index (χ1) is 18.1. The Bertz CT molecular complexity index is 1300. The van der Waals surface area contributed by atoms with Crippen LogP contribution < -0.4 is 0 Å². The normalized spacial score (nSPS) is 15.6. The van der Waals surface area contributed by atoms with E-state index >= 15 is 0 Å². The third-order valence-corrected chi connectivity index (χ3v) is 6.75. The standard InChI is InChI=1S/C29H27N5O3/c1-37-28(36)21-34-27(30-31-32-34)19-22-20-33(18-17-26(22)35)29(23-11-5-2-6-12-23,24-13-7-3-8-14-24)25-15-9-4-10-16-25/h2-16,19H,17-18,20-21H2,1H3/b22-19-. The number of tetrazole rings is 1. The minimum absolute atomic E-state index is 0.0342. The number of esters is 1. The highest BCUT2D eigenvalue weighted by Crippen LogP contribution is 2.43. The van der Waals surface area contributed by atoms with Gasteiger partial charge in [-0.2, -0.15) is 0 Å². The van der Waals surface area contributed by atoms with Crippen molar-refractivity contribution in [1.82, 2.24) is 25.1 Å². The van der Waals surface area contributed by atoms with Crippen LogP contribution in [0.2, 0.25) is 0 Å². The zero-order valence-electron chi connectivity index (χ0n) is 20.5. The van der Waals surface area contributed by atoms with Crippen LogP contribution in [0.3, 0.4) is 0 Å². The fourth-order valence-electron chi connectivity index (χ4n) is 5.04. The molecule has 0 radical (unpaired) electrons. The molecule has 1 fully saturated rings. The minimum atomic E-state index is -0.637. The first kappa shape index (κ1) is 24.3. The Morgan fingerprint density at radius 3 is 1.97 bits per heavy atom. The summed E-state index contributed by atoms with van der Waals surface area (Å²) < 4.78 is 6.08. The molecule has 1 aromatic heterocycles. The molecular weight excluding hydrogens is 466 g/mol. The predicted octanol–water partition coefficient (Wildman–Crippen LogP) is 3.50. The van der Waals surface area contributed by atoms with Crippen molar-refractivity contribution in [3.8, 4) is 0 Å². The zero-order chi connectivity index (χ0) is 25.7. The molecule has 0 bridgehead atoms. The summed E-state index contributed by atoms with van der Waals surface area (Å²) in [7, 11) is 1.31. The number of aromatic nitrogens is 4. The second-order valence-corrected chi connectivity index (χ2v) is 8.84. The number of benzene rings is 3. The fraction of sp³-hybridized carbons (Fsp3) is 0.207. The molecule has 0 spiro atoms. The molecule has 0 saturated carbocycles. The summed E-state index contributed by atoms with van der Waals surface area (Å²) in [5.41, 5.74) is 3.27. The maximum absolute atomic E-state index is 13.1. The van der Waals surface area contributed by atoms with Gasteiger partial charge in [-0.15, -0.1) is 5.10 Å². The highest BCUT2D eigenvalue weighted by Gasteiger charge is 2.44. The molecule has 0 unspecified atom stereocenters. The van der Waals surface area contributed by atoms with Crippen LogP contribution in [-0.4, -0.2) is 57.1 Å². The molecule has 1 aliphatic rings. The molecule has 0 N–H and O–H groups in total. The molecule has 0 amide bonds. The first-order valence-corrected chi connectivity index (χ1v) is 12.1. The van der Waals surface area contributed by atoms with Crippen molar-refractivity contribution in [3.63, 3.8) is 0 Å². The number of hydrogen-bond donors (Lipinski definition) is 0. The van der Waals surface area contributed by atoms with Gasteiger partial charge >= 0.3 is 5.97 Å². The Labute approximate surface area is 215 Å². The number of ether oxygens (including phenoxy) is 1. The van der Waals surface area contributed by atoms with Crippen LogP contribution in [0.4, 0.5) is 0 Å². The summed E-state index contributed by atoms with van der Waals surface area (Å²) in [4.78, 5) is 27.3. The van der Waals surface area contributed by atoms with Gasteiger partial charge in [0, 0.05) is 25.1 Å². The maximum Gasteiger partial charge on any atom is 0.327 e. The molecule has 2 heterocycles. The van der Waals surface area contributed by atoms with E-state index in [1.54, 1.807) is 6.08 Å². The average molecular weight is 494 g/mol. The summed E-state index contributed by atoms with van der Waals surface area (Å²) in [5.74, 6) is -0.105. The summed E-state index contributed by atoms with van der Waals surface area (Å²) in [5, 5.41) is 11.6. The molecule has 0 aliphatic carbocycles. The molecular formula is C29H27N5O3. The SMILES string of the molecule is COC(=O)Cn1nnnc1/C=C1/CN(C(c2ccccc2)(c2ccccc2)c2ccccc2)CCC1=O. The Balaban J connectivity index is 1.64. The number of Topliss-reactive ketones (excluding diaryl/α,β-unsaturated/α-hetero) is 1. The number of piperidine rings is 1. The Morgan fingerprint density at radius 2 is 1.46 bits per heavy atom. The van der Waals surface area contributed by atoms with Crippen LogP contribution in [0.25, 0.3) is 6.08 Å². The van der Waals surface area contributed by atoms with Crippen molar-refractivity contribution in [2.45, 2.75) is 18.5 Å². The van der Waals surface area contributed by atoms with Crippen LogP contribution >= 0.6 is 0 Å². The van der Waals surface area contributed by atoms with Crippen LogP contribution in [0.15, 0.2) is 96.6 Å². The van der Waals surface area contributed by atoms with E-state index in [0.717, 1.165) is 16.7 Å². The van der Waals surface area contributed by atoms with Gasteiger partial charge in [-0.3, -0.25) is 14.5 Å². The molecule has 5 rings (SSSR count). The van der Waals surface area contributed by atoms with E-state index in [0.29, 0.717) is 30.9 Å². The first-order valence-electron chi connectivity index (χ1n) is 12.1. The van der Waals surface area contributed by atoms with Crippen molar-refractivity contribution in [3.05, 3.63) is 119 Å². The molecule has 3 aromatic carbocycles. The Kier molecular flexibility index (Phi) is 7.00. The van der Waals surface area contributed by atoms with Crippen LogP contribution in [-0.2, 0) is 26.4 Å². The van der Waals surface area contributed by atoms with E-state index in [1.165, 1.54) is 11.8 Å². The van der Waals surface area contributed by atoms with Crippen LogP contribution in [0, 0.1) is 0 Å². The number of nitrogens with zero attached hydrogens (tertiary/aromatic N) is 5. The number of carbonyl (C=O) groups excluding carboxylic acids is 2. The summed E-state index contributed by atoms with van der Waals surface area (Å²) in [6.07, 6.45) is 2.03. The van der Waals surface area contributed by atoms with Gasteiger partial charge < -0.3 is 4.74 Å². The monoisotopic (exact) mass is 493 g/mol. The number of carbonyl (C=O) groups is 2. The number of hydrogen-bond acceptors (Lipinski definition) is 7. The van der Waals surface area contributed by atoms with E-state index in [2.05, 4.69) is 56.8 Å². The number of likely N-dealkylation sites (tertiary alicyclic amines) is 1. The van der Waals surface area contributed by atoms with Crippen LogP contribution in [0.5, 0.6) is 0 Å². The van der Waals surface area contributed by atoms with Crippen molar-refractivity contribution in [2.75, 3.05) is 20.2 Å². The quantitative estimate of drug-likeness (QED) is 0.221. The number of methoxy groups -OCH3 is 1. The van der Waals surface area contributed by atoms with E-state index in [9.17, 15) is 9.59 Å². The second kappa shape index (κ2) is 10.7. The third kappa shape index (κ3) is 4.71. The van der Waals surface area contributed by atoms with Crippen molar-refractivity contribution in [1.29, 1.82) is 0 Å². The Hall–Kier alpha value is -4.43. The van der Waals surface area contributed by atoms with E-state index in [1.807, 2.05) is 54.6 Å². The van der Waals surface area contributed by atoms with Gasteiger partial charge in [0.15, 0.2) is 11.6 Å². The summed E-state index contributed by atoms with van der Waals surface area (Å²) in [6.45, 7) is 0.813. The highest BCUT2D eigenvalue weighted by atomic mass is 16.5. The van der Waals surface area contributed by atoms with Gasteiger partial charge in [-0.1, -0.05) is 91.0 Å². The molecule has 1 saturated heterocycles. The van der Waals surface area contributed by atoms with Gasteiger partial charge in [-0.05, 0) is 33.2 Å². The predicted molar refractivity (Wildman–Crippen MR) is 138 cm³/mol. The van der Waals surface area contributed by atoms with Crippen molar-refractivity contribution in [2.24, 2.45) is 0 Å². The second-order valence-electron chi connectivity index (χ2n) is 8.84. The highest BCUT2D eigenvalue weighted by molar-refractivity contribution is 6.00. The number of rotatable bonds is 7. The molecule has 0 atom stereocenters. The van der Waals surface area contributed by atoms with Crippen molar-refractivity contribution >= 4 is 17.8 Å². The van der Waals surface area contributed by atoms with Crippen molar-refractivity contribution < 1.29 is 14.3 Å². The zero-order valence-corrected chi connectivity index (χ0v) is 20.5. The molecule has 186 valence electrons. The maximum atomic E-state index is 13.1.